The van der Waals surface area contributed by atoms with Gasteiger partial charge >= 0.3 is 0 Å². The first-order valence-electron chi connectivity index (χ1n) is 2.56. The van der Waals surface area contributed by atoms with Crippen LogP contribution in [0, 0.1) is 0 Å². The fraction of sp³-hybridized carbons (Fsp3) is 0.500. The molecule has 0 radical (unpaired) electrons. The lowest BCUT2D eigenvalue weighted by Crippen LogP contribution is -1.95. The molecule has 1 N–H and O–H groups in total. The number of ketones is 1. The maximum Gasteiger partial charge on any atom is 0.161 e. The molecule has 0 aromatic rings. The van der Waals surface area contributed by atoms with E-state index in [4.69, 9.17) is 5.11 Å². The molecule has 0 atom stereocenters. The molecule has 0 aromatic heterocycles. The van der Waals surface area contributed by atoms with Crippen LogP contribution >= 0.6 is 0 Å². The van der Waals surface area contributed by atoms with E-state index in [2.05, 4.69) is 0 Å². The molecular weight excluding hydrogens is 104 g/mol. The second-order valence-corrected chi connectivity index (χ2v) is 1.59. The number of Topliss-reactive ketones (excluding diaryl/α,β-unsaturated/α-hetero) is 1. The third-order valence-electron chi connectivity index (χ3n) is 0.955. The Balaban J connectivity index is 3.83. The number of allylic oxidation sites excluding steroid dienone is 1. The minimum Gasteiger partial charge on any atom is -0.515 e. The molecule has 8 heavy (non-hydrogen) atoms. The predicted octanol–water partition coefficient (Wildman–Crippen LogP) is 1.43. The van der Waals surface area contributed by atoms with Gasteiger partial charge in [-0.15, -0.1) is 0 Å². The van der Waals surface area contributed by atoms with E-state index in [1.807, 2.05) is 0 Å². The molecule has 0 amide bonds. The smallest absolute Gasteiger partial charge is 0.161 e. The van der Waals surface area contributed by atoms with E-state index in [1.165, 1.54) is 0 Å². The molecule has 46 valence electrons. The van der Waals surface area contributed by atoms with Crippen LogP contribution in [0.25, 0.3) is 0 Å². The lowest BCUT2D eigenvalue weighted by Gasteiger charge is -1.90. The molecule has 0 aliphatic heterocycles. The van der Waals surface area contributed by atoms with Crippen LogP contribution in [0.3, 0.4) is 0 Å². The Kier molecular flexibility index (Phi) is 2.92. The fourth-order valence-corrected chi connectivity index (χ4v) is 0.351. The summed E-state index contributed by atoms with van der Waals surface area (Å²) < 4.78 is 0. The second-order valence-electron chi connectivity index (χ2n) is 1.59. The Labute approximate surface area is 48.8 Å². The molecule has 0 saturated carbocycles. The lowest BCUT2D eigenvalue weighted by atomic mass is 10.2. The number of hydrogen-bond acceptors (Lipinski definition) is 2. The Morgan fingerprint density at radius 2 is 2.25 bits per heavy atom. The van der Waals surface area contributed by atoms with Crippen molar-refractivity contribution in [1.29, 1.82) is 0 Å². The molecule has 0 aliphatic rings. The molecule has 0 saturated heterocycles. The number of hydrogen-bond donors (Lipinski definition) is 1. The standard InChI is InChI=1S/C6H10O2/c1-3-6(8)5(2)4-7/h4,7H,3H2,1-2H3/b5-4+. The van der Waals surface area contributed by atoms with Gasteiger partial charge in [0.2, 0.25) is 0 Å². The van der Waals surface area contributed by atoms with Crippen molar-refractivity contribution in [1.82, 2.24) is 0 Å². The number of carbonyl (C=O) groups is 1. The van der Waals surface area contributed by atoms with Gasteiger partial charge in [0.05, 0.1) is 6.26 Å². The van der Waals surface area contributed by atoms with Gasteiger partial charge in [-0.2, -0.15) is 0 Å². The van der Waals surface area contributed by atoms with E-state index in [0.29, 0.717) is 12.0 Å². The van der Waals surface area contributed by atoms with Crippen molar-refractivity contribution < 1.29 is 9.90 Å². The van der Waals surface area contributed by atoms with E-state index in [1.54, 1.807) is 13.8 Å². The van der Waals surface area contributed by atoms with Crippen molar-refractivity contribution in [2.24, 2.45) is 0 Å². The summed E-state index contributed by atoms with van der Waals surface area (Å²) in [4.78, 5) is 10.5. The third kappa shape index (κ3) is 1.78. The van der Waals surface area contributed by atoms with Gasteiger partial charge in [0.15, 0.2) is 5.78 Å². The average molecular weight is 114 g/mol. The van der Waals surface area contributed by atoms with Gasteiger partial charge in [-0.25, -0.2) is 0 Å². The monoisotopic (exact) mass is 114 g/mol. The summed E-state index contributed by atoms with van der Waals surface area (Å²) in [5, 5.41) is 8.25. The fourth-order valence-electron chi connectivity index (χ4n) is 0.351. The summed E-state index contributed by atoms with van der Waals surface area (Å²) >= 11 is 0. The van der Waals surface area contributed by atoms with E-state index in [-0.39, 0.29) is 5.78 Å². The molecule has 0 bridgehead atoms. The van der Waals surface area contributed by atoms with Crippen LogP contribution in [0.2, 0.25) is 0 Å². The average Bonchev–Trinajstić information content (AvgIpc) is 1.84. The highest BCUT2D eigenvalue weighted by molar-refractivity contribution is 5.94. The Morgan fingerprint density at radius 3 is 2.38 bits per heavy atom. The minimum atomic E-state index is -0.00694. The summed E-state index contributed by atoms with van der Waals surface area (Å²) in [7, 11) is 0. The van der Waals surface area contributed by atoms with Crippen LogP contribution in [0.4, 0.5) is 0 Å². The van der Waals surface area contributed by atoms with Crippen molar-refractivity contribution in [3.05, 3.63) is 11.8 Å². The van der Waals surface area contributed by atoms with Crippen LogP contribution in [0.5, 0.6) is 0 Å². The van der Waals surface area contributed by atoms with Gasteiger partial charge in [0, 0.05) is 12.0 Å². The molecule has 0 rings (SSSR count). The molecule has 2 nitrogen and oxygen atoms in total. The molecule has 0 spiro atoms. The van der Waals surface area contributed by atoms with Crippen LogP contribution in [-0.4, -0.2) is 10.9 Å². The van der Waals surface area contributed by atoms with Crippen LogP contribution in [0.15, 0.2) is 11.8 Å². The largest absolute Gasteiger partial charge is 0.515 e. The van der Waals surface area contributed by atoms with Gasteiger partial charge in [0.1, 0.15) is 0 Å². The molecular formula is C6H10O2. The number of aliphatic hydroxyl groups is 1. The Hall–Kier alpha value is -0.790. The van der Waals surface area contributed by atoms with E-state index < -0.39 is 0 Å². The highest BCUT2D eigenvalue weighted by Gasteiger charge is 1.97. The number of aliphatic hydroxyl groups excluding tert-OH is 1. The number of rotatable bonds is 2. The van der Waals surface area contributed by atoms with Gasteiger partial charge in [-0.3, -0.25) is 4.79 Å². The van der Waals surface area contributed by atoms with Crippen LogP contribution < -0.4 is 0 Å². The SMILES string of the molecule is CCC(=O)/C(C)=C/O. The zero-order valence-electron chi connectivity index (χ0n) is 5.14. The first kappa shape index (κ1) is 7.21. The normalized spacial score (nSPS) is 11.5. The second kappa shape index (κ2) is 3.24. The van der Waals surface area contributed by atoms with Crippen LogP contribution in [0.1, 0.15) is 20.3 Å². The molecule has 0 fully saturated rings. The zero-order valence-corrected chi connectivity index (χ0v) is 5.14. The van der Waals surface area contributed by atoms with Crippen molar-refractivity contribution in [2.45, 2.75) is 20.3 Å². The van der Waals surface area contributed by atoms with Crippen LogP contribution in [-0.2, 0) is 4.79 Å². The molecule has 0 aromatic carbocycles. The topological polar surface area (TPSA) is 37.3 Å². The van der Waals surface area contributed by atoms with Crippen molar-refractivity contribution in [3.8, 4) is 0 Å². The van der Waals surface area contributed by atoms with E-state index in [9.17, 15) is 4.79 Å². The van der Waals surface area contributed by atoms with E-state index in [0.717, 1.165) is 6.26 Å². The minimum absolute atomic E-state index is 0.00694. The number of carbonyl (C=O) groups excluding carboxylic acids is 1. The highest BCUT2D eigenvalue weighted by atomic mass is 16.2. The van der Waals surface area contributed by atoms with E-state index >= 15 is 0 Å². The van der Waals surface area contributed by atoms with Gasteiger partial charge < -0.3 is 5.11 Å². The summed E-state index contributed by atoms with van der Waals surface area (Å²) in [6, 6.07) is 0. The molecule has 0 aliphatic carbocycles. The zero-order chi connectivity index (χ0) is 6.57. The molecule has 0 unspecified atom stereocenters. The predicted molar refractivity (Wildman–Crippen MR) is 31.7 cm³/mol. The maximum absolute atomic E-state index is 10.5. The quantitative estimate of drug-likeness (QED) is 0.435. The lowest BCUT2D eigenvalue weighted by molar-refractivity contribution is -0.115. The Bertz CT molecular complexity index is 114. The molecule has 2 heteroatoms. The van der Waals surface area contributed by atoms with Crippen molar-refractivity contribution in [3.63, 3.8) is 0 Å². The van der Waals surface area contributed by atoms with Crippen molar-refractivity contribution in [2.75, 3.05) is 0 Å². The summed E-state index contributed by atoms with van der Waals surface area (Å²) in [6.07, 6.45) is 1.30. The summed E-state index contributed by atoms with van der Waals surface area (Å²) in [5.41, 5.74) is 0.424. The van der Waals surface area contributed by atoms with Gasteiger partial charge in [-0.1, -0.05) is 6.92 Å². The first-order chi connectivity index (χ1) is 3.72. The van der Waals surface area contributed by atoms with Gasteiger partial charge in [-0.05, 0) is 6.92 Å². The molecule has 0 heterocycles. The summed E-state index contributed by atoms with van der Waals surface area (Å²) in [5.74, 6) is -0.00694. The Morgan fingerprint density at radius 1 is 1.75 bits per heavy atom. The first-order valence-corrected chi connectivity index (χ1v) is 2.56. The summed E-state index contributed by atoms with van der Waals surface area (Å²) in [6.45, 7) is 3.35. The van der Waals surface area contributed by atoms with Crippen molar-refractivity contribution >= 4 is 5.78 Å². The third-order valence-corrected chi connectivity index (χ3v) is 0.955. The highest BCUT2D eigenvalue weighted by Crippen LogP contribution is 1.94. The maximum atomic E-state index is 10.5. The van der Waals surface area contributed by atoms with Gasteiger partial charge in [0.25, 0.3) is 0 Å².